The zero-order valence-corrected chi connectivity index (χ0v) is 10.6. The molecule has 1 aromatic carbocycles. The first-order valence-corrected chi connectivity index (χ1v) is 6.00. The lowest BCUT2D eigenvalue weighted by atomic mass is 10.1. The molecule has 0 atom stereocenters. The predicted molar refractivity (Wildman–Crippen MR) is 64.2 cm³/mol. The van der Waals surface area contributed by atoms with Gasteiger partial charge in [0.2, 0.25) is 5.91 Å². The molecule has 2 rings (SSSR count). The van der Waals surface area contributed by atoms with Gasteiger partial charge in [0, 0.05) is 17.4 Å². The Bertz CT molecular complexity index is 456. The van der Waals surface area contributed by atoms with Crippen LogP contribution < -0.4 is 0 Å². The minimum absolute atomic E-state index is 0.0718. The lowest BCUT2D eigenvalue weighted by Gasteiger charge is -2.14. The van der Waals surface area contributed by atoms with Crippen molar-refractivity contribution in [2.75, 3.05) is 6.54 Å². The van der Waals surface area contributed by atoms with Gasteiger partial charge in [-0.2, -0.15) is 0 Å². The minimum atomic E-state index is -0.200. The van der Waals surface area contributed by atoms with Crippen LogP contribution in [0.2, 0.25) is 0 Å². The van der Waals surface area contributed by atoms with Gasteiger partial charge in [-0.1, -0.05) is 6.07 Å². The number of likely N-dealkylation sites (tertiary alicyclic amines) is 1. The van der Waals surface area contributed by atoms with Gasteiger partial charge in [0.25, 0.3) is 5.91 Å². The van der Waals surface area contributed by atoms with Gasteiger partial charge in [0.15, 0.2) is 0 Å². The summed E-state index contributed by atoms with van der Waals surface area (Å²) in [5, 5.41) is 0. The lowest BCUT2D eigenvalue weighted by molar-refractivity contribution is -0.125. The average molecular weight is 282 g/mol. The van der Waals surface area contributed by atoms with Crippen LogP contribution in [-0.4, -0.2) is 23.3 Å². The number of rotatable bonds is 1. The van der Waals surface area contributed by atoms with Crippen LogP contribution in [0.15, 0.2) is 22.7 Å². The fourth-order valence-electron chi connectivity index (χ4n) is 1.80. The number of hydrogen-bond acceptors (Lipinski definition) is 2. The Labute approximate surface area is 103 Å². The summed E-state index contributed by atoms with van der Waals surface area (Å²) >= 11 is 3.36. The number of amides is 2. The molecule has 0 aromatic heterocycles. The van der Waals surface area contributed by atoms with Gasteiger partial charge in [0.05, 0.1) is 5.56 Å². The summed E-state index contributed by atoms with van der Waals surface area (Å²) in [6.07, 6.45) is 1.25. The van der Waals surface area contributed by atoms with Crippen LogP contribution in [-0.2, 0) is 4.79 Å². The number of halogens is 1. The van der Waals surface area contributed by atoms with E-state index in [1.807, 2.05) is 19.1 Å². The van der Waals surface area contributed by atoms with E-state index < -0.39 is 0 Å². The second-order valence-electron chi connectivity index (χ2n) is 3.94. The molecule has 0 aliphatic carbocycles. The second-order valence-corrected chi connectivity index (χ2v) is 4.79. The van der Waals surface area contributed by atoms with E-state index >= 15 is 0 Å². The molecule has 0 bridgehead atoms. The highest BCUT2D eigenvalue weighted by Crippen LogP contribution is 2.22. The molecule has 1 saturated heterocycles. The van der Waals surface area contributed by atoms with E-state index in [0.717, 1.165) is 16.5 Å². The summed E-state index contributed by atoms with van der Waals surface area (Å²) in [6.45, 7) is 2.50. The fraction of sp³-hybridized carbons (Fsp3) is 0.333. The van der Waals surface area contributed by atoms with Crippen molar-refractivity contribution in [1.29, 1.82) is 0 Å². The average Bonchev–Trinajstić information content (AvgIpc) is 2.63. The van der Waals surface area contributed by atoms with Crippen molar-refractivity contribution < 1.29 is 9.59 Å². The summed E-state index contributed by atoms with van der Waals surface area (Å²) < 4.78 is 0.747. The molecule has 2 amide bonds. The normalized spacial score (nSPS) is 15.6. The van der Waals surface area contributed by atoms with E-state index in [4.69, 9.17) is 0 Å². The van der Waals surface area contributed by atoms with Crippen LogP contribution in [0.25, 0.3) is 0 Å². The topological polar surface area (TPSA) is 37.4 Å². The third kappa shape index (κ3) is 2.02. The molecule has 1 aromatic rings. The Morgan fingerprint density at radius 2 is 2.19 bits per heavy atom. The zero-order chi connectivity index (χ0) is 11.7. The third-order valence-corrected chi connectivity index (χ3v) is 3.33. The number of imide groups is 1. The van der Waals surface area contributed by atoms with Crippen LogP contribution in [0.5, 0.6) is 0 Å². The van der Waals surface area contributed by atoms with Crippen molar-refractivity contribution >= 4 is 27.7 Å². The highest BCUT2D eigenvalue weighted by atomic mass is 79.9. The van der Waals surface area contributed by atoms with Crippen LogP contribution in [0.3, 0.4) is 0 Å². The summed E-state index contributed by atoms with van der Waals surface area (Å²) in [4.78, 5) is 24.9. The molecular formula is C12H12BrNO2. The van der Waals surface area contributed by atoms with Gasteiger partial charge in [-0.05, 0) is 47.0 Å². The van der Waals surface area contributed by atoms with Crippen molar-refractivity contribution in [1.82, 2.24) is 4.90 Å². The molecule has 0 unspecified atom stereocenters. The van der Waals surface area contributed by atoms with Crippen molar-refractivity contribution in [3.05, 3.63) is 33.8 Å². The number of nitrogens with zero attached hydrogens (tertiary/aromatic N) is 1. The van der Waals surface area contributed by atoms with E-state index in [2.05, 4.69) is 15.9 Å². The molecule has 0 spiro atoms. The smallest absolute Gasteiger partial charge is 0.261 e. The Hall–Kier alpha value is -1.16. The number of aryl methyl sites for hydroxylation is 1. The molecule has 3 nitrogen and oxygen atoms in total. The van der Waals surface area contributed by atoms with Crippen LogP contribution >= 0.6 is 15.9 Å². The Balaban J connectivity index is 2.30. The van der Waals surface area contributed by atoms with E-state index in [1.54, 1.807) is 6.07 Å². The highest BCUT2D eigenvalue weighted by molar-refractivity contribution is 9.10. The number of carbonyl (C=O) groups excluding carboxylic acids is 2. The quantitative estimate of drug-likeness (QED) is 0.742. The first-order valence-electron chi connectivity index (χ1n) is 5.20. The molecule has 1 aliphatic rings. The molecule has 4 heteroatoms. The molecule has 1 heterocycles. The standard InChI is InChI=1S/C12H12BrNO2/c1-8-4-5-9(10(13)7-8)12(16)14-6-2-3-11(14)15/h4-5,7H,2-3,6H2,1H3. The van der Waals surface area contributed by atoms with Gasteiger partial charge in [-0.3, -0.25) is 14.5 Å². The Kier molecular flexibility index (Phi) is 3.10. The van der Waals surface area contributed by atoms with Crippen molar-refractivity contribution in [3.8, 4) is 0 Å². The van der Waals surface area contributed by atoms with E-state index in [-0.39, 0.29) is 11.8 Å². The van der Waals surface area contributed by atoms with Gasteiger partial charge < -0.3 is 0 Å². The van der Waals surface area contributed by atoms with Crippen LogP contribution in [0, 0.1) is 6.92 Å². The van der Waals surface area contributed by atoms with Crippen LogP contribution in [0.4, 0.5) is 0 Å². The maximum absolute atomic E-state index is 12.1. The third-order valence-electron chi connectivity index (χ3n) is 2.67. The zero-order valence-electron chi connectivity index (χ0n) is 9.00. The summed E-state index contributed by atoms with van der Waals surface area (Å²) in [6, 6.07) is 5.51. The largest absolute Gasteiger partial charge is 0.278 e. The summed E-state index contributed by atoms with van der Waals surface area (Å²) in [5.74, 6) is -0.271. The van der Waals surface area contributed by atoms with Crippen LogP contribution in [0.1, 0.15) is 28.8 Å². The molecule has 1 aliphatic heterocycles. The van der Waals surface area contributed by atoms with Crippen molar-refractivity contribution in [2.45, 2.75) is 19.8 Å². The summed E-state index contributed by atoms with van der Waals surface area (Å²) in [5.41, 5.74) is 1.64. The second kappa shape index (κ2) is 4.37. The molecule has 1 fully saturated rings. The van der Waals surface area contributed by atoms with Crippen molar-refractivity contribution in [2.24, 2.45) is 0 Å². The maximum atomic E-state index is 12.1. The minimum Gasteiger partial charge on any atom is -0.278 e. The molecule has 0 radical (unpaired) electrons. The van der Waals surface area contributed by atoms with Gasteiger partial charge in [0.1, 0.15) is 0 Å². The molecule has 84 valence electrons. The Morgan fingerprint density at radius 3 is 2.75 bits per heavy atom. The number of hydrogen-bond donors (Lipinski definition) is 0. The first kappa shape index (κ1) is 11.3. The molecule has 16 heavy (non-hydrogen) atoms. The molecular weight excluding hydrogens is 270 g/mol. The Morgan fingerprint density at radius 1 is 1.44 bits per heavy atom. The van der Waals surface area contributed by atoms with E-state index in [0.29, 0.717) is 18.5 Å². The number of carbonyl (C=O) groups is 2. The molecule has 0 N–H and O–H groups in total. The number of benzene rings is 1. The van der Waals surface area contributed by atoms with Crippen molar-refractivity contribution in [3.63, 3.8) is 0 Å². The van der Waals surface area contributed by atoms with Gasteiger partial charge in [-0.15, -0.1) is 0 Å². The summed E-state index contributed by atoms with van der Waals surface area (Å²) in [7, 11) is 0. The lowest BCUT2D eigenvalue weighted by Crippen LogP contribution is -2.32. The van der Waals surface area contributed by atoms with Gasteiger partial charge in [-0.25, -0.2) is 0 Å². The van der Waals surface area contributed by atoms with Gasteiger partial charge >= 0.3 is 0 Å². The predicted octanol–water partition coefficient (Wildman–Crippen LogP) is 2.52. The SMILES string of the molecule is Cc1ccc(C(=O)N2CCCC2=O)c(Br)c1. The fourth-order valence-corrected chi connectivity index (χ4v) is 2.46. The monoisotopic (exact) mass is 281 g/mol. The maximum Gasteiger partial charge on any atom is 0.261 e. The van der Waals surface area contributed by atoms with E-state index in [9.17, 15) is 9.59 Å². The molecule has 0 saturated carbocycles. The highest BCUT2D eigenvalue weighted by Gasteiger charge is 2.28. The first-order chi connectivity index (χ1) is 7.59. The van der Waals surface area contributed by atoms with E-state index in [1.165, 1.54) is 4.90 Å².